The second kappa shape index (κ2) is 6.52. The molecule has 5 nitrogen and oxygen atoms in total. The van der Waals surface area contributed by atoms with Crippen molar-refractivity contribution in [1.29, 1.82) is 0 Å². The number of fused-ring (bicyclic) bond motifs is 1. The Balaban J connectivity index is 1.56. The fourth-order valence-corrected chi connectivity index (χ4v) is 3.61. The molecule has 1 aromatic rings. The number of hydrogen-bond donors (Lipinski definition) is 1. The van der Waals surface area contributed by atoms with E-state index in [0.717, 1.165) is 24.6 Å². The van der Waals surface area contributed by atoms with Gasteiger partial charge in [-0.2, -0.15) is 0 Å². The van der Waals surface area contributed by atoms with Gasteiger partial charge in [-0.25, -0.2) is 0 Å². The van der Waals surface area contributed by atoms with Crippen molar-refractivity contribution in [2.24, 2.45) is 0 Å². The van der Waals surface area contributed by atoms with Crippen LogP contribution in [0.25, 0.3) is 0 Å². The van der Waals surface area contributed by atoms with Crippen molar-refractivity contribution < 1.29 is 14.4 Å². The smallest absolute Gasteiger partial charge is 0.288 e. The summed E-state index contributed by atoms with van der Waals surface area (Å²) in [5.74, 6) is -0.129. The highest BCUT2D eigenvalue weighted by molar-refractivity contribution is 8.14. The van der Waals surface area contributed by atoms with Gasteiger partial charge < -0.3 is 5.32 Å². The molecule has 1 saturated heterocycles. The fraction of sp³-hybridized carbons (Fsp3) is 0.438. The van der Waals surface area contributed by atoms with Gasteiger partial charge in [0, 0.05) is 18.7 Å². The van der Waals surface area contributed by atoms with E-state index in [-0.39, 0.29) is 35.9 Å². The van der Waals surface area contributed by atoms with Crippen molar-refractivity contribution in [3.05, 3.63) is 34.9 Å². The van der Waals surface area contributed by atoms with E-state index in [1.54, 1.807) is 0 Å². The third kappa shape index (κ3) is 3.16. The van der Waals surface area contributed by atoms with Gasteiger partial charge in [-0.1, -0.05) is 17.8 Å². The zero-order valence-electron chi connectivity index (χ0n) is 12.3. The van der Waals surface area contributed by atoms with E-state index in [1.807, 2.05) is 18.2 Å². The first-order valence-corrected chi connectivity index (χ1v) is 8.51. The van der Waals surface area contributed by atoms with Gasteiger partial charge in [0.15, 0.2) is 0 Å². The number of carbonyl (C=O) groups is 3. The molecule has 0 radical (unpaired) electrons. The maximum absolute atomic E-state index is 12.2. The lowest BCUT2D eigenvalue weighted by Gasteiger charge is -2.17. The summed E-state index contributed by atoms with van der Waals surface area (Å²) in [4.78, 5) is 36.3. The minimum absolute atomic E-state index is 0.153. The maximum Gasteiger partial charge on any atom is 0.288 e. The largest absolute Gasteiger partial charge is 0.350 e. The zero-order chi connectivity index (χ0) is 15.5. The molecule has 22 heavy (non-hydrogen) atoms. The van der Waals surface area contributed by atoms with Gasteiger partial charge >= 0.3 is 0 Å². The number of benzene rings is 1. The average Bonchev–Trinajstić information content (AvgIpc) is 2.86. The van der Waals surface area contributed by atoms with Crippen LogP contribution in [0.2, 0.25) is 0 Å². The lowest BCUT2D eigenvalue weighted by Crippen LogP contribution is -2.37. The van der Waals surface area contributed by atoms with E-state index < -0.39 is 0 Å². The summed E-state index contributed by atoms with van der Waals surface area (Å²) in [6.07, 6.45) is 4.52. The lowest BCUT2D eigenvalue weighted by atomic mass is 9.90. The Kier molecular flexibility index (Phi) is 4.47. The average molecular weight is 318 g/mol. The molecule has 116 valence electrons. The van der Waals surface area contributed by atoms with Gasteiger partial charge in [0.1, 0.15) is 0 Å². The van der Waals surface area contributed by atoms with Crippen LogP contribution in [0.5, 0.6) is 0 Å². The number of nitrogens with zero attached hydrogens (tertiary/aromatic N) is 1. The van der Waals surface area contributed by atoms with Crippen LogP contribution in [0.1, 0.15) is 34.3 Å². The number of amides is 3. The van der Waals surface area contributed by atoms with E-state index in [0.29, 0.717) is 5.56 Å². The molecule has 2 aliphatic rings. The van der Waals surface area contributed by atoms with Crippen LogP contribution < -0.4 is 5.32 Å². The molecule has 0 atom stereocenters. The molecule has 1 heterocycles. The Hall–Kier alpha value is -1.82. The van der Waals surface area contributed by atoms with E-state index >= 15 is 0 Å². The monoisotopic (exact) mass is 318 g/mol. The van der Waals surface area contributed by atoms with Crippen molar-refractivity contribution >= 4 is 28.8 Å². The highest BCUT2D eigenvalue weighted by Crippen LogP contribution is 2.22. The Morgan fingerprint density at radius 1 is 1.18 bits per heavy atom. The number of hydrogen-bond acceptors (Lipinski definition) is 4. The van der Waals surface area contributed by atoms with Crippen molar-refractivity contribution in [3.63, 3.8) is 0 Å². The number of nitrogens with one attached hydrogen (secondary N) is 1. The summed E-state index contributed by atoms with van der Waals surface area (Å²) in [7, 11) is 0. The molecule has 3 amide bonds. The van der Waals surface area contributed by atoms with E-state index in [9.17, 15) is 14.4 Å². The van der Waals surface area contributed by atoms with Gasteiger partial charge in [-0.3, -0.25) is 19.3 Å². The van der Waals surface area contributed by atoms with Crippen LogP contribution in [0, 0.1) is 0 Å². The van der Waals surface area contributed by atoms with Crippen LogP contribution in [-0.2, 0) is 17.6 Å². The zero-order valence-corrected chi connectivity index (χ0v) is 13.1. The Morgan fingerprint density at radius 2 is 1.95 bits per heavy atom. The molecule has 1 aliphatic carbocycles. The SMILES string of the molecule is O=C(NCCN1C(=O)CSC1=O)c1ccc2c(c1)CCCC2. The van der Waals surface area contributed by atoms with Crippen molar-refractivity contribution in [3.8, 4) is 0 Å². The van der Waals surface area contributed by atoms with Crippen molar-refractivity contribution in [2.75, 3.05) is 18.8 Å². The summed E-state index contributed by atoms with van der Waals surface area (Å²) in [5, 5.41) is 2.55. The quantitative estimate of drug-likeness (QED) is 0.922. The Bertz CT molecular complexity index is 614. The van der Waals surface area contributed by atoms with Crippen LogP contribution in [0.15, 0.2) is 18.2 Å². The Labute approximate surface area is 133 Å². The van der Waals surface area contributed by atoms with Crippen molar-refractivity contribution in [1.82, 2.24) is 10.2 Å². The summed E-state index contributed by atoms with van der Waals surface area (Å²) >= 11 is 1.01. The molecule has 1 fully saturated rings. The molecule has 0 saturated carbocycles. The first-order valence-electron chi connectivity index (χ1n) is 7.52. The van der Waals surface area contributed by atoms with Gasteiger partial charge in [0.25, 0.3) is 11.1 Å². The molecule has 0 bridgehead atoms. The maximum atomic E-state index is 12.2. The number of imide groups is 1. The highest BCUT2D eigenvalue weighted by atomic mass is 32.2. The third-order valence-electron chi connectivity index (χ3n) is 4.07. The topological polar surface area (TPSA) is 66.5 Å². The Morgan fingerprint density at radius 3 is 2.68 bits per heavy atom. The predicted octanol–water partition coefficient (Wildman–Crippen LogP) is 1.99. The first kappa shape index (κ1) is 15.1. The first-order chi connectivity index (χ1) is 10.6. The summed E-state index contributed by atoms with van der Waals surface area (Å²) in [6, 6.07) is 5.85. The molecule has 3 rings (SSSR count). The van der Waals surface area contributed by atoms with Gasteiger partial charge in [0.05, 0.1) is 5.75 Å². The predicted molar refractivity (Wildman–Crippen MR) is 85.0 cm³/mol. The fourth-order valence-electron chi connectivity index (χ4n) is 2.86. The van der Waals surface area contributed by atoms with E-state index in [2.05, 4.69) is 5.32 Å². The van der Waals surface area contributed by atoms with Gasteiger partial charge in [-0.05, 0) is 48.9 Å². The molecule has 1 aromatic carbocycles. The van der Waals surface area contributed by atoms with Gasteiger partial charge in [-0.15, -0.1) is 0 Å². The second-order valence-corrected chi connectivity index (χ2v) is 6.47. The minimum atomic E-state index is -0.229. The van der Waals surface area contributed by atoms with Crippen LogP contribution >= 0.6 is 11.8 Å². The molecule has 0 unspecified atom stereocenters. The van der Waals surface area contributed by atoms with Crippen LogP contribution in [0.3, 0.4) is 0 Å². The van der Waals surface area contributed by atoms with Crippen LogP contribution in [0.4, 0.5) is 4.79 Å². The lowest BCUT2D eigenvalue weighted by molar-refractivity contribution is -0.124. The normalized spacial score (nSPS) is 17.5. The standard InChI is InChI=1S/C16H18N2O3S/c19-14-10-22-16(21)18(14)8-7-17-15(20)13-6-5-11-3-1-2-4-12(11)9-13/h5-6,9H,1-4,7-8,10H2,(H,17,20). The molecule has 6 heteroatoms. The molecule has 0 spiro atoms. The minimum Gasteiger partial charge on any atom is -0.350 e. The summed E-state index contributed by atoms with van der Waals surface area (Å²) in [6.45, 7) is 0.523. The summed E-state index contributed by atoms with van der Waals surface area (Å²) < 4.78 is 0. The van der Waals surface area contributed by atoms with Gasteiger partial charge in [0.2, 0.25) is 5.91 Å². The van der Waals surface area contributed by atoms with E-state index in [4.69, 9.17) is 0 Å². The summed E-state index contributed by atoms with van der Waals surface area (Å²) in [5.41, 5.74) is 3.25. The van der Waals surface area contributed by atoms with E-state index in [1.165, 1.54) is 28.9 Å². The molecule has 1 aliphatic heterocycles. The molecule has 0 aromatic heterocycles. The molecular formula is C16H18N2O3S. The number of rotatable bonds is 4. The van der Waals surface area contributed by atoms with Crippen LogP contribution in [-0.4, -0.2) is 40.8 Å². The number of thioether (sulfide) groups is 1. The highest BCUT2D eigenvalue weighted by Gasteiger charge is 2.29. The van der Waals surface area contributed by atoms with Crippen molar-refractivity contribution in [2.45, 2.75) is 25.7 Å². The third-order valence-corrected chi connectivity index (χ3v) is 4.93. The number of aryl methyl sites for hydroxylation is 2. The molecular weight excluding hydrogens is 300 g/mol. The second-order valence-electron chi connectivity index (χ2n) is 5.55. The number of carbonyl (C=O) groups excluding carboxylic acids is 3. The molecule has 1 N–H and O–H groups in total.